The van der Waals surface area contributed by atoms with Gasteiger partial charge in [-0.1, -0.05) is 36.4 Å². The summed E-state index contributed by atoms with van der Waals surface area (Å²) in [6.07, 6.45) is 1.53. The number of fused-ring (bicyclic) bond motifs is 1. The van der Waals surface area contributed by atoms with Crippen molar-refractivity contribution in [2.45, 2.75) is 6.10 Å². The molecule has 2 amide bonds. The molecule has 122 valence electrons. The number of halogens is 1. The van der Waals surface area contributed by atoms with Gasteiger partial charge in [0.05, 0.1) is 18.0 Å². The van der Waals surface area contributed by atoms with E-state index in [2.05, 4.69) is 15.6 Å². The van der Waals surface area contributed by atoms with Crippen LogP contribution in [0.4, 0.5) is 14.9 Å². The van der Waals surface area contributed by atoms with Gasteiger partial charge in [0.15, 0.2) is 5.82 Å². The monoisotopic (exact) mass is 325 g/mol. The first-order valence-corrected chi connectivity index (χ1v) is 7.44. The number of benzene rings is 2. The molecule has 3 rings (SSSR count). The molecule has 0 aliphatic carbocycles. The van der Waals surface area contributed by atoms with E-state index in [0.29, 0.717) is 5.56 Å². The number of nitrogens with one attached hydrogen (secondary N) is 2. The number of hydrogen-bond donors (Lipinski definition) is 3. The highest BCUT2D eigenvalue weighted by Gasteiger charge is 2.11. The Kier molecular flexibility index (Phi) is 4.67. The highest BCUT2D eigenvalue weighted by atomic mass is 19.1. The molecule has 3 aromatic rings. The van der Waals surface area contributed by atoms with Crippen molar-refractivity contribution < 1.29 is 14.3 Å². The predicted octanol–water partition coefficient (Wildman–Crippen LogP) is 3.23. The zero-order chi connectivity index (χ0) is 16.9. The minimum Gasteiger partial charge on any atom is -0.387 e. The summed E-state index contributed by atoms with van der Waals surface area (Å²) in [5, 5.41) is 17.2. The number of hydrogen-bond acceptors (Lipinski definition) is 3. The molecule has 1 heterocycles. The molecular formula is C18H16FN3O2. The third kappa shape index (κ3) is 3.67. The van der Waals surface area contributed by atoms with E-state index >= 15 is 0 Å². The van der Waals surface area contributed by atoms with Gasteiger partial charge < -0.3 is 15.7 Å². The van der Waals surface area contributed by atoms with Crippen LogP contribution in [0.3, 0.4) is 0 Å². The molecular weight excluding hydrogens is 309 g/mol. The third-order valence-electron chi connectivity index (χ3n) is 3.63. The van der Waals surface area contributed by atoms with Crippen molar-refractivity contribution in [3.8, 4) is 0 Å². The lowest BCUT2D eigenvalue weighted by Crippen LogP contribution is -2.32. The normalized spacial score (nSPS) is 11.9. The number of amides is 2. The Balaban J connectivity index is 1.61. The number of pyridine rings is 1. The minimum atomic E-state index is -0.859. The Hall–Kier alpha value is -2.99. The summed E-state index contributed by atoms with van der Waals surface area (Å²) in [6, 6.07) is 14.2. The summed E-state index contributed by atoms with van der Waals surface area (Å²) in [4.78, 5) is 15.4. The zero-order valence-electron chi connectivity index (χ0n) is 12.7. The van der Waals surface area contributed by atoms with Crippen molar-refractivity contribution in [1.82, 2.24) is 10.3 Å². The van der Waals surface area contributed by atoms with E-state index in [0.717, 1.165) is 17.0 Å². The topological polar surface area (TPSA) is 74.2 Å². The number of aromatic nitrogens is 1. The van der Waals surface area contributed by atoms with E-state index in [-0.39, 0.29) is 12.2 Å². The summed E-state index contributed by atoms with van der Waals surface area (Å²) >= 11 is 0. The number of carbonyl (C=O) groups excluding carboxylic acids is 1. The van der Waals surface area contributed by atoms with Crippen molar-refractivity contribution in [1.29, 1.82) is 0 Å². The van der Waals surface area contributed by atoms with Gasteiger partial charge in [0.2, 0.25) is 0 Å². The van der Waals surface area contributed by atoms with E-state index in [4.69, 9.17) is 0 Å². The average molecular weight is 325 g/mol. The Morgan fingerprint density at radius 3 is 2.75 bits per heavy atom. The first kappa shape index (κ1) is 15.9. The summed E-state index contributed by atoms with van der Waals surface area (Å²) in [5.41, 5.74) is 0.729. The third-order valence-corrected chi connectivity index (χ3v) is 3.63. The van der Waals surface area contributed by atoms with Gasteiger partial charge in [-0.15, -0.1) is 0 Å². The number of rotatable bonds is 4. The molecule has 0 aliphatic rings. The predicted molar refractivity (Wildman–Crippen MR) is 90.1 cm³/mol. The SMILES string of the molecule is O=C(NC[C@H](O)c1ccc2ccccc2c1)Nc1ccncc1F. The van der Waals surface area contributed by atoms with Crippen LogP contribution < -0.4 is 10.6 Å². The van der Waals surface area contributed by atoms with Crippen LogP contribution in [-0.2, 0) is 0 Å². The van der Waals surface area contributed by atoms with Crippen molar-refractivity contribution in [3.05, 3.63) is 72.3 Å². The number of nitrogens with zero attached hydrogens (tertiary/aromatic N) is 1. The molecule has 1 aromatic heterocycles. The van der Waals surface area contributed by atoms with E-state index in [1.54, 1.807) is 0 Å². The first-order valence-electron chi connectivity index (χ1n) is 7.44. The maximum Gasteiger partial charge on any atom is 0.319 e. The van der Waals surface area contributed by atoms with Crippen LogP contribution in [0.1, 0.15) is 11.7 Å². The van der Waals surface area contributed by atoms with E-state index < -0.39 is 18.0 Å². The van der Waals surface area contributed by atoms with Crippen molar-refractivity contribution in [3.63, 3.8) is 0 Å². The number of urea groups is 1. The fraction of sp³-hybridized carbons (Fsp3) is 0.111. The molecule has 1 atom stereocenters. The lowest BCUT2D eigenvalue weighted by molar-refractivity contribution is 0.175. The van der Waals surface area contributed by atoms with Crippen LogP contribution in [0.15, 0.2) is 60.9 Å². The van der Waals surface area contributed by atoms with E-state index in [9.17, 15) is 14.3 Å². The Bertz CT molecular complexity index is 870. The summed E-state index contributed by atoms with van der Waals surface area (Å²) < 4.78 is 13.4. The van der Waals surface area contributed by atoms with Gasteiger partial charge in [-0.25, -0.2) is 9.18 Å². The van der Waals surface area contributed by atoms with Crippen LogP contribution in [0.25, 0.3) is 10.8 Å². The smallest absolute Gasteiger partial charge is 0.319 e. The van der Waals surface area contributed by atoms with Crippen LogP contribution in [0, 0.1) is 5.82 Å². The second-order valence-corrected chi connectivity index (χ2v) is 5.31. The molecule has 6 heteroatoms. The number of aliphatic hydroxyl groups excluding tert-OH is 1. The standard InChI is InChI=1S/C18H16FN3O2/c19-15-10-20-8-7-16(15)22-18(24)21-11-17(23)14-6-5-12-3-1-2-4-13(12)9-14/h1-10,17,23H,11H2,(H2,20,21,22,24)/t17-/m0/s1. The molecule has 0 saturated carbocycles. The maximum atomic E-state index is 13.4. The van der Waals surface area contributed by atoms with E-state index in [1.165, 1.54) is 12.3 Å². The summed E-state index contributed by atoms with van der Waals surface area (Å²) in [7, 11) is 0. The highest BCUT2D eigenvalue weighted by Crippen LogP contribution is 2.20. The Morgan fingerprint density at radius 1 is 1.17 bits per heavy atom. The molecule has 2 aromatic carbocycles. The van der Waals surface area contributed by atoms with Crippen molar-refractivity contribution >= 4 is 22.5 Å². The molecule has 0 spiro atoms. The molecule has 0 radical (unpaired) electrons. The highest BCUT2D eigenvalue weighted by molar-refractivity contribution is 5.89. The summed E-state index contributed by atoms with van der Waals surface area (Å²) in [6.45, 7) is 0.0108. The fourth-order valence-electron chi connectivity index (χ4n) is 2.37. The van der Waals surface area contributed by atoms with Gasteiger partial charge in [-0.3, -0.25) is 4.98 Å². The number of aliphatic hydroxyl groups is 1. The molecule has 0 saturated heterocycles. The minimum absolute atomic E-state index is 0.0108. The first-order chi connectivity index (χ1) is 11.6. The second-order valence-electron chi connectivity index (χ2n) is 5.31. The molecule has 5 nitrogen and oxygen atoms in total. The second kappa shape index (κ2) is 7.06. The molecule has 0 fully saturated rings. The van der Waals surface area contributed by atoms with E-state index in [1.807, 2.05) is 42.5 Å². The Morgan fingerprint density at radius 2 is 1.96 bits per heavy atom. The van der Waals surface area contributed by atoms with Gasteiger partial charge in [0, 0.05) is 12.7 Å². The van der Waals surface area contributed by atoms with Gasteiger partial charge in [0.25, 0.3) is 0 Å². The molecule has 0 aliphatic heterocycles. The largest absolute Gasteiger partial charge is 0.387 e. The molecule has 3 N–H and O–H groups in total. The van der Waals surface area contributed by atoms with Gasteiger partial charge in [-0.2, -0.15) is 0 Å². The van der Waals surface area contributed by atoms with Crippen LogP contribution in [0.2, 0.25) is 0 Å². The van der Waals surface area contributed by atoms with Crippen molar-refractivity contribution in [2.75, 3.05) is 11.9 Å². The molecule has 0 unspecified atom stereocenters. The van der Waals surface area contributed by atoms with Gasteiger partial charge >= 0.3 is 6.03 Å². The average Bonchev–Trinajstić information content (AvgIpc) is 2.61. The number of anilines is 1. The van der Waals surface area contributed by atoms with Crippen LogP contribution in [0.5, 0.6) is 0 Å². The maximum absolute atomic E-state index is 13.4. The molecule has 24 heavy (non-hydrogen) atoms. The Labute approximate surface area is 138 Å². The zero-order valence-corrected chi connectivity index (χ0v) is 12.7. The quantitative estimate of drug-likeness (QED) is 0.689. The van der Waals surface area contributed by atoms with Gasteiger partial charge in [0.1, 0.15) is 0 Å². The van der Waals surface area contributed by atoms with Crippen molar-refractivity contribution in [2.24, 2.45) is 0 Å². The lowest BCUT2D eigenvalue weighted by atomic mass is 10.0. The molecule has 0 bridgehead atoms. The fourth-order valence-corrected chi connectivity index (χ4v) is 2.37. The number of carbonyl (C=O) groups is 1. The summed E-state index contributed by atoms with van der Waals surface area (Å²) in [5.74, 6) is -0.622. The van der Waals surface area contributed by atoms with Gasteiger partial charge in [-0.05, 0) is 28.5 Å². The van der Waals surface area contributed by atoms with Crippen LogP contribution in [-0.4, -0.2) is 22.7 Å². The lowest BCUT2D eigenvalue weighted by Gasteiger charge is -2.14. The van der Waals surface area contributed by atoms with Crippen LogP contribution >= 0.6 is 0 Å².